The van der Waals surface area contributed by atoms with Gasteiger partial charge in [0.15, 0.2) is 0 Å². The van der Waals surface area contributed by atoms with Crippen LogP contribution >= 0.6 is 0 Å². The number of aromatic hydroxyl groups is 3. The quantitative estimate of drug-likeness (QED) is 0.317. The van der Waals surface area contributed by atoms with E-state index in [1.807, 2.05) is 24.3 Å². The number of benzene rings is 3. The van der Waals surface area contributed by atoms with E-state index in [-0.39, 0.29) is 11.7 Å². The topological polar surface area (TPSA) is 60.7 Å². The second-order valence-corrected chi connectivity index (χ2v) is 11.2. The molecule has 3 N–H and O–H groups in total. The number of aryl methyl sites for hydroxylation is 2. The summed E-state index contributed by atoms with van der Waals surface area (Å²) in [5.41, 5.74) is 7.78. The molecule has 0 radical (unpaired) electrons. The van der Waals surface area contributed by atoms with E-state index in [0.29, 0.717) is 23.3 Å². The Morgan fingerprint density at radius 1 is 0.583 bits per heavy atom. The minimum absolute atomic E-state index is 0.0449. The Morgan fingerprint density at radius 3 is 1.42 bits per heavy atom. The van der Waals surface area contributed by atoms with E-state index in [4.69, 9.17) is 0 Å². The van der Waals surface area contributed by atoms with Crippen molar-refractivity contribution >= 4 is 0 Å². The van der Waals surface area contributed by atoms with Gasteiger partial charge in [0.1, 0.15) is 17.2 Å². The predicted octanol–water partition coefficient (Wildman–Crippen LogP) is 8.70. The van der Waals surface area contributed by atoms with E-state index in [1.165, 1.54) is 49.7 Å². The normalized spacial score (nSPS) is 17.5. The lowest BCUT2D eigenvalue weighted by Gasteiger charge is -2.29. The molecule has 0 aliphatic heterocycles. The highest BCUT2D eigenvalue weighted by atomic mass is 16.3. The Bertz CT molecular complexity index is 1130. The van der Waals surface area contributed by atoms with Crippen LogP contribution in [0.5, 0.6) is 17.2 Å². The largest absolute Gasteiger partial charge is 0.508 e. The minimum Gasteiger partial charge on any atom is -0.508 e. The lowest BCUT2D eigenvalue weighted by molar-refractivity contribution is 0.413. The molecule has 3 aromatic carbocycles. The van der Waals surface area contributed by atoms with Crippen molar-refractivity contribution in [1.29, 1.82) is 0 Å². The first kappa shape index (κ1) is 24.7. The van der Waals surface area contributed by atoms with Crippen molar-refractivity contribution in [2.24, 2.45) is 0 Å². The highest BCUT2D eigenvalue weighted by Crippen LogP contribution is 2.45. The monoisotopic (exact) mass is 484 g/mol. The highest BCUT2D eigenvalue weighted by molar-refractivity contribution is 5.56. The zero-order chi connectivity index (χ0) is 25.2. The summed E-state index contributed by atoms with van der Waals surface area (Å²) in [5, 5.41) is 32.0. The zero-order valence-corrected chi connectivity index (χ0v) is 21.8. The molecule has 0 saturated heterocycles. The first-order chi connectivity index (χ1) is 17.4. The molecule has 2 aliphatic carbocycles. The van der Waals surface area contributed by atoms with Gasteiger partial charge in [-0.1, -0.05) is 62.8 Å². The summed E-state index contributed by atoms with van der Waals surface area (Å²) in [7, 11) is 0. The van der Waals surface area contributed by atoms with Crippen LogP contribution in [0.3, 0.4) is 0 Å². The standard InChI is InChI=1S/C33H40O3/c1-21-17-31(35)29(23-9-5-3-6-10-23)19-27(21)33(25-13-15-26(34)16-14-25)28-20-30(32(36)18-22(28)2)24-11-7-4-8-12-24/h13-20,23-24,33-36H,3-12H2,1-2H3. The molecule has 5 rings (SSSR count). The van der Waals surface area contributed by atoms with Crippen molar-refractivity contribution < 1.29 is 15.3 Å². The minimum atomic E-state index is -0.0449. The molecule has 0 bridgehead atoms. The Balaban J connectivity index is 1.67. The highest BCUT2D eigenvalue weighted by Gasteiger charge is 2.27. The van der Waals surface area contributed by atoms with Crippen LogP contribution in [0.4, 0.5) is 0 Å². The van der Waals surface area contributed by atoms with Gasteiger partial charge in [-0.3, -0.25) is 0 Å². The van der Waals surface area contributed by atoms with Crippen LogP contribution in [-0.2, 0) is 0 Å². The lowest BCUT2D eigenvalue weighted by atomic mass is 9.76. The Morgan fingerprint density at radius 2 is 1.00 bits per heavy atom. The van der Waals surface area contributed by atoms with Crippen molar-refractivity contribution in [2.45, 2.75) is 95.8 Å². The van der Waals surface area contributed by atoms with Gasteiger partial charge in [-0.05, 0) is 115 Å². The molecule has 0 aromatic heterocycles. The van der Waals surface area contributed by atoms with Gasteiger partial charge < -0.3 is 15.3 Å². The van der Waals surface area contributed by atoms with E-state index >= 15 is 0 Å². The predicted molar refractivity (Wildman–Crippen MR) is 146 cm³/mol. The Kier molecular flexibility index (Phi) is 7.27. The van der Waals surface area contributed by atoms with E-state index in [2.05, 4.69) is 26.0 Å². The van der Waals surface area contributed by atoms with E-state index < -0.39 is 0 Å². The van der Waals surface area contributed by atoms with Gasteiger partial charge in [0, 0.05) is 5.92 Å². The fourth-order valence-electron chi connectivity index (χ4n) is 6.75. The molecule has 0 atom stereocenters. The van der Waals surface area contributed by atoms with Gasteiger partial charge >= 0.3 is 0 Å². The van der Waals surface area contributed by atoms with Gasteiger partial charge in [-0.25, -0.2) is 0 Å². The molecule has 2 aliphatic rings. The molecule has 0 unspecified atom stereocenters. The number of rotatable bonds is 5. The smallest absolute Gasteiger partial charge is 0.119 e. The second kappa shape index (κ2) is 10.6. The van der Waals surface area contributed by atoms with E-state index in [0.717, 1.165) is 53.5 Å². The first-order valence-electron chi connectivity index (χ1n) is 13.9. The van der Waals surface area contributed by atoms with Crippen LogP contribution in [0.1, 0.15) is 121 Å². The molecule has 190 valence electrons. The summed E-state index contributed by atoms with van der Waals surface area (Å²) in [5.74, 6) is 1.84. The van der Waals surface area contributed by atoms with Gasteiger partial charge in [-0.15, -0.1) is 0 Å². The van der Waals surface area contributed by atoms with Gasteiger partial charge in [0.2, 0.25) is 0 Å². The molecule has 3 heteroatoms. The molecular weight excluding hydrogens is 444 g/mol. The van der Waals surface area contributed by atoms with Crippen molar-refractivity contribution in [3.63, 3.8) is 0 Å². The zero-order valence-electron chi connectivity index (χ0n) is 21.8. The maximum Gasteiger partial charge on any atom is 0.119 e. The number of phenols is 3. The molecular formula is C33H40O3. The third kappa shape index (κ3) is 4.98. The first-order valence-corrected chi connectivity index (χ1v) is 13.9. The molecule has 2 fully saturated rings. The summed E-state index contributed by atoms with van der Waals surface area (Å²) >= 11 is 0. The van der Waals surface area contributed by atoms with E-state index in [9.17, 15) is 15.3 Å². The van der Waals surface area contributed by atoms with Crippen LogP contribution in [-0.4, -0.2) is 15.3 Å². The number of phenolic OH excluding ortho intramolecular Hbond substituents is 3. The molecule has 3 aromatic rings. The fourth-order valence-corrected chi connectivity index (χ4v) is 6.75. The molecule has 36 heavy (non-hydrogen) atoms. The van der Waals surface area contributed by atoms with Crippen LogP contribution < -0.4 is 0 Å². The lowest BCUT2D eigenvalue weighted by Crippen LogP contribution is -2.12. The average molecular weight is 485 g/mol. The Labute approximate surface area is 215 Å². The van der Waals surface area contributed by atoms with E-state index in [1.54, 1.807) is 12.1 Å². The van der Waals surface area contributed by atoms with Gasteiger partial charge in [-0.2, -0.15) is 0 Å². The summed E-state index contributed by atoms with van der Waals surface area (Å²) in [6.07, 6.45) is 12.0. The van der Waals surface area contributed by atoms with Gasteiger partial charge in [0.05, 0.1) is 0 Å². The molecule has 0 heterocycles. The molecule has 0 amide bonds. The number of hydrogen-bond donors (Lipinski definition) is 3. The molecule has 0 spiro atoms. The fraction of sp³-hybridized carbons (Fsp3) is 0.455. The van der Waals surface area contributed by atoms with Crippen molar-refractivity contribution in [2.75, 3.05) is 0 Å². The van der Waals surface area contributed by atoms with Crippen LogP contribution in [0.2, 0.25) is 0 Å². The maximum atomic E-state index is 11.0. The summed E-state index contributed by atoms with van der Waals surface area (Å²) in [4.78, 5) is 0. The molecule has 3 nitrogen and oxygen atoms in total. The summed E-state index contributed by atoms with van der Waals surface area (Å²) in [6, 6.07) is 16.0. The Hall–Kier alpha value is -2.94. The summed E-state index contributed by atoms with van der Waals surface area (Å²) in [6.45, 7) is 4.18. The third-order valence-electron chi connectivity index (χ3n) is 8.77. The molecule has 2 saturated carbocycles. The second-order valence-electron chi connectivity index (χ2n) is 11.2. The van der Waals surface area contributed by atoms with Crippen LogP contribution in [0.15, 0.2) is 48.5 Å². The van der Waals surface area contributed by atoms with Crippen molar-refractivity contribution in [1.82, 2.24) is 0 Å². The number of hydrogen-bond acceptors (Lipinski definition) is 3. The van der Waals surface area contributed by atoms with Crippen LogP contribution in [0.25, 0.3) is 0 Å². The van der Waals surface area contributed by atoms with Crippen LogP contribution in [0, 0.1) is 13.8 Å². The van der Waals surface area contributed by atoms with Gasteiger partial charge in [0.25, 0.3) is 0 Å². The van der Waals surface area contributed by atoms with Crippen molar-refractivity contribution in [3.8, 4) is 17.2 Å². The third-order valence-corrected chi connectivity index (χ3v) is 8.77. The SMILES string of the molecule is Cc1cc(O)c(C2CCCCC2)cc1C(c1ccc(O)cc1)c1cc(C2CCCCC2)c(O)cc1C. The summed E-state index contributed by atoms with van der Waals surface area (Å²) < 4.78 is 0. The maximum absolute atomic E-state index is 11.0. The average Bonchev–Trinajstić information content (AvgIpc) is 2.88. The van der Waals surface area contributed by atoms with Crippen molar-refractivity contribution in [3.05, 3.63) is 87.5 Å².